The van der Waals surface area contributed by atoms with Crippen LogP contribution in [-0.2, 0) is 11.2 Å². The summed E-state index contributed by atoms with van der Waals surface area (Å²) in [6.07, 6.45) is 1.66. The van der Waals surface area contributed by atoms with Crippen LogP contribution in [0.5, 0.6) is 0 Å². The number of hydrogen-bond acceptors (Lipinski definition) is 3. The summed E-state index contributed by atoms with van der Waals surface area (Å²) in [7, 11) is 0. The molecule has 1 fully saturated rings. The number of aryl methyl sites for hydroxylation is 1. The van der Waals surface area contributed by atoms with Gasteiger partial charge in [0.2, 0.25) is 0 Å². The van der Waals surface area contributed by atoms with Crippen molar-refractivity contribution in [2.75, 3.05) is 29.9 Å². The highest BCUT2D eigenvalue weighted by molar-refractivity contribution is 7.99. The van der Waals surface area contributed by atoms with E-state index in [1.54, 1.807) is 0 Å². The Morgan fingerprint density at radius 3 is 2.67 bits per heavy atom. The highest BCUT2D eigenvalue weighted by Gasteiger charge is 2.15. The van der Waals surface area contributed by atoms with Crippen LogP contribution in [0.1, 0.15) is 18.4 Å². The van der Waals surface area contributed by atoms with E-state index in [1.807, 2.05) is 40.9 Å². The Kier molecular flexibility index (Phi) is 5.92. The van der Waals surface area contributed by atoms with Crippen LogP contribution in [0.2, 0.25) is 0 Å². The van der Waals surface area contributed by atoms with Gasteiger partial charge in [-0.05, 0) is 36.3 Å². The molecule has 1 saturated heterocycles. The van der Waals surface area contributed by atoms with Gasteiger partial charge in [0.15, 0.2) is 0 Å². The van der Waals surface area contributed by atoms with Crippen molar-refractivity contribution in [1.82, 2.24) is 4.90 Å². The molecule has 0 spiro atoms. The summed E-state index contributed by atoms with van der Waals surface area (Å²) in [5.41, 5.74) is 1.71. The quantitative estimate of drug-likeness (QED) is 0.897. The van der Waals surface area contributed by atoms with Gasteiger partial charge < -0.3 is 15.3 Å². The first kappa shape index (κ1) is 15.7. The van der Waals surface area contributed by atoms with Crippen LogP contribution < -0.4 is 5.32 Å². The Labute approximate surface area is 128 Å². The zero-order valence-electron chi connectivity index (χ0n) is 11.9. The fourth-order valence-electron chi connectivity index (χ4n) is 2.16. The largest absolute Gasteiger partial charge is 0.481 e. The maximum absolute atomic E-state index is 12.1. The SMILES string of the molecule is O=C(O)CCc1ccc(NC(=O)N2CCCSCC2)cc1. The molecule has 0 radical (unpaired) electrons. The second kappa shape index (κ2) is 7.93. The third-order valence-corrected chi connectivity index (χ3v) is 4.39. The molecule has 114 valence electrons. The lowest BCUT2D eigenvalue weighted by molar-refractivity contribution is -0.136. The number of thioether (sulfide) groups is 1. The molecule has 0 unspecified atom stereocenters. The summed E-state index contributed by atoms with van der Waals surface area (Å²) in [4.78, 5) is 24.5. The van der Waals surface area contributed by atoms with Gasteiger partial charge in [-0.1, -0.05) is 12.1 Å². The lowest BCUT2D eigenvalue weighted by Crippen LogP contribution is -2.36. The number of anilines is 1. The molecule has 6 heteroatoms. The second-order valence-corrected chi connectivity index (χ2v) is 6.20. The van der Waals surface area contributed by atoms with Crippen molar-refractivity contribution in [3.63, 3.8) is 0 Å². The molecule has 2 N–H and O–H groups in total. The number of nitrogens with one attached hydrogen (secondary N) is 1. The Balaban J connectivity index is 1.87. The van der Waals surface area contributed by atoms with Crippen LogP contribution in [0, 0.1) is 0 Å². The Morgan fingerprint density at radius 1 is 1.19 bits per heavy atom. The van der Waals surface area contributed by atoms with E-state index in [-0.39, 0.29) is 12.5 Å². The number of nitrogens with zero attached hydrogens (tertiary/aromatic N) is 1. The van der Waals surface area contributed by atoms with Crippen LogP contribution in [0.15, 0.2) is 24.3 Å². The molecular formula is C15H20N2O3S. The number of hydrogen-bond donors (Lipinski definition) is 2. The minimum absolute atomic E-state index is 0.0595. The topological polar surface area (TPSA) is 69.6 Å². The molecule has 0 saturated carbocycles. The summed E-state index contributed by atoms with van der Waals surface area (Å²) in [6, 6.07) is 7.30. The van der Waals surface area contributed by atoms with Gasteiger partial charge in [-0.3, -0.25) is 4.79 Å². The van der Waals surface area contributed by atoms with Crippen molar-refractivity contribution in [2.24, 2.45) is 0 Å². The van der Waals surface area contributed by atoms with Crippen LogP contribution in [-0.4, -0.2) is 46.6 Å². The van der Waals surface area contributed by atoms with Gasteiger partial charge in [-0.15, -0.1) is 0 Å². The first-order chi connectivity index (χ1) is 10.1. The fraction of sp³-hybridized carbons (Fsp3) is 0.467. The molecule has 2 rings (SSSR count). The lowest BCUT2D eigenvalue weighted by atomic mass is 10.1. The number of carbonyl (C=O) groups is 2. The van der Waals surface area contributed by atoms with Gasteiger partial charge in [0.25, 0.3) is 0 Å². The number of amides is 2. The van der Waals surface area contributed by atoms with Crippen molar-refractivity contribution >= 4 is 29.4 Å². The molecular weight excluding hydrogens is 288 g/mol. The molecule has 21 heavy (non-hydrogen) atoms. The summed E-state index contributed by atoms with van der Waals surface area (Å²) in [5, 5.41) is 11.5. The van der Waals surface area contributed by atoms with Gasteiger partial charge in [-0.25, -0.2) is 4.79 Å². The van der Waals surface area contributed by atoms with E-state index in [1.165, 1.54) is 0 Å². The van der Waals surface area contributed by atoms with Crippen molar-refractivity contribution in [2.45, 2.75) is 19.3 Å². The fourth-order valence-corrected chi connectivity index (χ4v) is 3.04. The average Bonchev–Trinajstić information content (AvgIpc) is 2.75. The summed E-state index contributed by atoms with van der Waals surface area (Å²) in [6.45, 7) is 1.59. The maximum atomic E-state index is 12.1. The van der Waals surface area contributed by atoms with E-state index in [4.69, 9.17) is 5.11 Å². The smallest absolute Gasteiger partial charge is 0.321 e. The van der Waals surface area contributed by atoms with E-state index in [9.17, 15) is 9.59 Å². The van der Waals surface area contributed by atoms with Crippen molar-refractivity contribution in [3.8, 4) is 0 Å². The van der Waals surface area contributed by atoms with Gasteiger partial charge >= 0.3 is 12.0 Å². The van der Waals surface area contributed by atoms with Gasteiger partial charge in [0.05, 0.1) is 0 Å². The predicted octanol–water partition coefficient (Wildman–Crippen LogP) is 2.67. The summed E-state index contributed by atoms with van der Waals surface area (Å²) in [5.74, 6) is 1.30. The van der Waals surface area contributed by atoms with Crippen LogP contribution in [0.4, 0.5) is 10.5 Å². The standard InChI is InChI=1S/C15H20N2O3S/c18-14(19)7-4-12-2-5-13(6-3-12)16-15(20)17-8-1-10-21-11-9-17/h2-3,5-6H,1,4,7-11H2,(H,16,20)(H,18,19). The van der Waals surface area contributed by atoms with Gasteiger partial charge in [-0.2, -0.15) is 11.8 Å². The number of carboxylic acid groups (broad SMARTS) is 1. The third kappa shape index (κ3) is 5.30. The number of aliphatic carboxylic acids is 1. The zero-order chi connectivity index (χ0) is 15.1. The molecule has 1 aromatic carbocycles. The minimum Gasteiger partial charge on any atom is -0.481 e. The van der Waals surface area contributed by atoms with E-state index < -0.39 is 5.97 Å². The number of rotatable bonds is 4. The highest BCUT2D eigenvalue weighted by atomic mass is 32.2. The van der Waals surface area contributed by atoms with Crippen molar-refractivity contribution < 1.29 is 14.7 Å². The lowest BCUT2D eigenvalue weighted by Gasteiger charge is -2.20. The molecule has 5 nitrogen and oxygen atoms in total. The van der Waals surface area contributed by atoms with Crippen LogP contribution >= 0.6 is 11.8 Å². The number of carboxylic acids is 1. The molecule has 2 amide bonds. The van der Waals surface area contributed by atoms with Gasteiger partial charge in [0.1, 0.15) is 0 Å². The van der Waals surface area contributed by atoms with E-state index in [2.05, 4.69) is 5.32 Å². The monoisotopic (exact) mass is 308 g/mol. The van der Waals surface area contributed by atoms with Crippen LogP contribution in [0.3, 0.4) is 0 Å². The van der Waals surface area contributed by atoms with E-state index >= 15 is 0 Å². The number of benzene rings is 1. The third-order valence-electron chi connectivity index (χ3n) is 3.34. The molecule has 0 bridgehead atoms. The molecule has 0 aromatic heterocycles. The van der Waals surface area contributed by atoms with E-state index in [0.717, 1.165) is 42.3 Å². The van der Waals surface area contributed by atoms with Gasteiger partial charge in [0, 0.05) is 31.0 Å². The molecule has 0 atom stereocenters. The van der Waals surface area contributed by atoms with E-state index in [0.29, 0.717) is 6.42 Å². The molecule has 0 aliphatic carbocycles. The molecule has 1 aliphatic rings. The maximum Gasteiger partial charge on any atom is 0.321 e. The number of urea groups is 1. The normalized spacial score (nSPS) is 15.3. The predicted molar refractivity (Wildman–Crippen MR) is 84.9 cm³/mol. The molecule has 1 aliphatic heterocycles. The summed E-state index contributed by atoms with van der Waals surface area (Å²) >= 11 is 1.88. The second-order valence-electron chi connectivity index (χ2n) is 4.97. The first-order valence-corrected chi connectivity index (χ1v) is 8.25. The minimum atomic E-state index is -0.800. The Morgan fingerprint density at radius 2 is 1.95 bits per heavy atom. The van der Waals surface area contributed by atoms with Crippen molar-refractivity contribution in [3.05, 3.63) is 29.8 Å². The molecule has 1 aromatic rings. The number of carbonyl (C=O) groups excluding carboxylic acids is 1. The van der Waals surface area contributed by atoms with Crippen molar-refractivity contribution in [1.29, 1.82) is 0 Å². The van der Waals surface area contributed by atoms with Crippen LogP contribution in [0.25, 0.3) is 0 Å². The Hall–Kier alpha value is -1.69. The average molecular weight is 308 g/mol. The highest BCUT2D eigenvalue weighted by Crippen LogP contribution is 2.14. The summed E-state index contributed by atoms with van der Waals surface area (Å²) < 4.78 is 0. The molecule has 1 heterocycles. The zero-order valence-corrected chi connectivity index (χ0v) is 12.7. The first-order valence-electron chi connectivity index (χ1n) is 7.09. The Bertz CT molecular complexity index is 482.